The van der Waals surface area contributed by atoms with Crippen molar-refractivity contribution in [2.45, 2.75) is 58.3 Å². The standard InChI is InChI=1S/C38H42N2O5/c1-38(2,3)45-37(41)39-21-11-16-30(25-39)32-17-10-18-34-36(32)42-23-22-40(34)33-20-19-31(43-26-28-12-6-4-7-13-28)24-35(33)44-27-29-14-8-5-9-15-29/h4-10,12-15,17-20,24,30H,11,16,21-23,25-27H2,1-3H3/t30-/m1/s1. The van der Waals surface area contributed by atoms with Gasteiger partial charge in [-0.25, -0.2) is 4.79 Å². The molecule has 45 heavy (non-hydrogen) atoms. The topological polar surface area (TPSA) is 60.5 Å². The maximum Gasteiger partial charge on any atom is 0.410 e. The van der Waals surface area contributed by atoms with Gasteiger partial charge in [0.1, 0.15) is 42.7 Å². The number of piperidine rings is 1. The Labute approximate surface area is 266 Å². The minimum Gasteiger partial charge on any atom is -0.489 e. The molecule has 1 atom stereocenters. The molecule has 234 valence electrons. The quantitative estimate of drug-likeness (QED) is 0.201. The molecule has 0 N–H and O–H groups in total. The average Bonchev–Trinajstić information content (AvgIpc) is 3.06. The predicted octanol–water partition coefficient (Wildman–Crippen LogP) is 8.49. The van der Waals surface area contributed by atoms with Gasteiger partial charge < -0.3 is 28.7 Å². The summed E-state index contributed by atoms with van der Waals surface area (Å²) >= 11 is 0. The number of nitrogens with zero attached hydrogens (tertiary/aromatic N) is 2. The summed E-state index contributed by atoms with van der Waals surface area (Å²) in [5, 5.41) is 0. The van der Waals surface area contributed by atoms with Crippen LogP contribution in [0.25, 0.3) is 0 Å². The molecule has 0 aliphatic carbocycles. The Morgan fingerprint density at radius 1 is 0.822 bits per heavy atom. The van der Waals surface area contributed by atoms with Gasteiger partial charge in [-0.1, -0.05) is 72.8 Å². The van der Waals surface area contributed by atoms with E-state index in [-0.39, 0.29) is 12.0 Å². The Morgan fingerprint density at radius 2 is 1.53 bits per heavy atom. The van der Waals surface area contributed by atoms with Crippen LogP contribution in [0, 0.1) is 0 Å². The SMILES string of the molecule is CC(C)(C)OC(=O)N1CCC[C@@H](c2cccc3c2OCCN3c2ccc(OCc3ccccc3)cc2OCc2ccccc2)C1. The lowest BCUT2D eigenvalue weighted by Crippen LogP contribution is -2.42. The summed E-state index contributed by atoms with van der Waals surface area (Å²) in [6, 6.07) is 32.7. The van der Waals surface area contributed by atoms with Crippen molar-refractivity contribution in [2.75, 3.05) is 31.1 Å². The normalized spacial score (nSPS) is 16.4. The highest BCUT2D eigenvalue weighted by atomic mass is 16.6. The molecule has 4 aromatic carbocycles. The number of benzene rings is 4. The van der Waals surface area contributed by atoms with Crippen LogP contribution in [-0.2, 0) is 18.0 Å². The van der Waals surface area contributed by atoms with Crippen molar-refractivity contribution in [3.63, 3.8) is 0 Å². The van der Waals surface area contributed by atoms with Gasteiger partial charge in [0, 0.05) is 30.6 Å². The average molecular weight is 607 g/mol. The second kappa shape index (κ2) is 13.6. The summed E-state index contributed by atoms with van der Waals surface area (Å²) in [7, 11) is 0. The van der Waals surface area contributed by atoms with Crippen LogP contribution in [0.2, 0.25) is 0 Å². The molecule has 0 saturated carbocycles. The highest BCUT2D eigenvalue weighted by molar-refractivity contribution is 5.77. The molecule has 0 unspecified atom stereocenters. The molecule has 1 amide bonds. The third-order valence-electron chi connectivity index (χ3n) is 8.10. The third-order valence-corrected chi connectivity index (χ3v) is 8.10. The number of hydrogen-bond donors (Lipinski definition) is 0. The molecule has 1 saturated heterocycles. The zero-order chi connectivity index (χ0) is 31.2. The lowest BCUT2D eigenvalue weighted by atomic mass is 9.89. The Bertz CT molecular complexity index is 1590. The monoisotopic (exact) mass is 606 g/mol. The molecule has 0 radical (unpaired) electrons. The summed E-state index contributed by atoms with van der Waals surface area (Å²) in [5.74, 6) is 2.52. The van der Waals surface area contributed by atoms with E-state index in [4.69, 9.17) is 18.9 Å². The first kappa shape index (κ1) is 30.4. The molecule has 2 heterocycles. The van der Waals surface area contributed by atoms with Crippen molar-refractivity contribution in [1.29, 1.82) is 0 Å². The van der Waals surface area contributed by atoms with Crippen molar-refractivity contribution in [2.24, 2.45) is 0 Å². The molecular formula is C38H42N2O5. The van der Waals surface area contributed by atoms with Crippen molar-refractivity contribution < 1.29 is 23.7 Å². The first-order chi connectivity index (χ1) is 21.8. The fourth-order valence-corrected chi connectivity index (χ4v) is 5.97. The molecule has 0 aromatic heterocycles. The minimum atomic E-state index is -0.526. The molecule has 4 aromatic rings. The van der Waals surface area contributed by atoms with Gasteiger partial charge in [-0.2, -0.15) is 0 Å². The minimum absolute atomic E-state index is 0.156. The second-order valence-electron chi connectivity index (χ2n) is 12.6. The second-order valence-corrected chi connectivity index (χ2v) is 12.6. The molecule has 7 heteroatoms. The lowest BCUT2D eigenvalue weighted by molar-refractivity contribution is 0.0197. The van der Waals surface area contributed by atoms with E-state index in [0.29, 0.717) is 39.5 Å². The summed E-state index contributed by atoms with van der Waals surface area (Å²) in [4.78, 5) is 17.0. The summed E-state index contributed by atoms with van der Waals surface area (Å²) in [6.45, 7) is 9.15. The maximum atomic E-state index is 12.9. The number of likely N-dealkylation sites (tertiary alicyclic amines) is 1. The third kappa shape index (κ3) is 7.54. The number of fused-ring (bicyclic) bond motifs is 1. The van der Waals surface area contributed by atoms with E-state index in [2.05, 4.69) is 53.4 Å². The van der Waals surface area contributed by atoms with Gasteiger partial charge in [-0.15, -0.1) is 0 Å². The van der Waals surface area contributed by atoms with Crippen molar-refractivity contribution in [3.8, 4) is 17.2 Å². The van der Waals surface area contributed by atoms with Crippen LogP contribution in [0.15, 0.2) is 97.1 Å². The van der Waals surface area contributed by atoms with Crippen LogP contribution in [-0.4, -0.2) is 42.8 Å². The van der Waals surface area contributed by atoms with E-state index >= 15 is 0 Å². The fourth-order valence-electron chi connectivity index (χ4n) is 5.97. The van der Waals surface area contributed by atoms with E-state index in [1.807, 2.05) is 74.2 Å². The van der Waals surface area contributed by atoms with Crippen LogP contribution >= 0.6 is 0 Å². The summed E-state index contributed by atoms with van der Waals surface area (Å²) < 4.78 is 24.7. The van der Waals surface area contributed by atoms with Gasteiger partial charge in [0.25, 0.3) is 0 Å². The van der Waals surface area contributed by atoms with Crippen molar-refractivity contribution >= 4 is 17.5 Å². The Morgan fingerprint density at radius 3 is 2.24 bits per heavy atom. The number of amides is 1. The number of para-hydroxylation sites is 1. The van der Waals surface area contributed by atoms with Crippen LogP contribution in [0.5, 0.6) is 17.2 Å². The fraction of sp³-hybridized carbons (Fsp3) is 0.342. The van der Waals surface area contributed by atoms with Gasteiger partial charge >= 0.3 is 6.09 Å². The highest BCUT2D eigenvalue weighted by Crippen LogP contribution is 2.46. The van der Waals surface area contributed by atoms with Crippen molar-refractivity contribution in [1.82, 2.24) is 4.90 Å². The lowest BCUT2D eigenvalue weighted by Gasteiger charge is -2.37. The molecule has 0 bridgehead atoms. The van der Waals surface area contributed by atoms with Crippen LogP contribution in [0.1, 0.15) is 56.2 Å². The first-order valence-electron chi connectivity index (χ1n) is 15.8. The number of carbonyl (C=O) groups excluding carboxylic acids is 1. The van der Waals surface area contributed by atoms with Crippen LogP contribution < -0.4 is 19.1 Å². The number of rotatable bonds is 8. The smallest absolute Gasteiger partial charge is 0.410 e. The Kier molecular flexibility index (Phi) is 9.15. The van der Waals surface area contributed by atoms with E-state index in [1.165, 1.54) is 0 Å². The number of anilines is 2. The molecule has 2 aliphatic heterocycles. The van der Waals surface area contributed by atoms with E-state index < -0.39 is 5.60 Å². The van der Waals surface area contributed by atoms with Gasteiger partial charge in [-0.3, -0.25) is 0 Å². The molecule has 7 nitrogen and oxygen atoms in total. The number of carbonyl (C=O) groups is 1. The molecule has 6 rings (SSSR count). The Balaban J connectivity index is 1.28. The van der Waals surface area contributed by atoms with E-state index in [9.17, 15) is 4.79 Å². The van der Waals surface area contributed by atoms with Gasteiger partial charge in [0.05, 0.1) is 17.9 Å². The van der Waals surface area contributed by atoms with Crippen molar-refractivity contribution in [3.05, 3.63) is 114 Å². The summed E-state index contributed by atoms with van der Waals surface area (Å²) in [6.07, 6.45) is 1.64. The zero-order valence-corrected chi connectivity index (χ0v) is 26.4. The van der Waals surface area contributed by atoms with E-state index in [0.717, 1.165) is 58.2 Å². The molecule has 2 aliphatic rings. The Hall–Kier alpha value is -4.65. The van der Waals surface area contributed by atoms with E-state index in [1.54, 1.807) is 0 Å². The molecule has 1 fully saturated rings. The molecule has 0 spiro atoms. The van der Waals surface area contributed by atoms with Crippen LogP contribution in [0.3, 0.4) is 0 Å². The van der Waals surface area contributed by atoms with Gasteiger partial charge in [0.15, 0.2) is 0 Å². The largest absolute Gasteiger partial charge is 0.489 e. The number of hydrogen-bond acceptors (Lipinski definition) is 6. The predicted molar refractivity (Wildman–Crippen MR) is 177 cm³/mol. The maximum absolute atomic E-state index is 12.9. The summed E-state index contributed by atoms with van der Waals surface area (Å²) in [5.41, 5.74) is 4.75. The molecular weight excluding hydrogens is 564 g/mol. The van der Waals surface area contributed by atoms with Gasteiger partial charge in [0.2, 0.25) is 0 Å². The number of ether oxygens (including phenoxy) is 4. The zero-order valence-electron chi connectivity index (χ0n) is 26.4. The van der Waals surface area contributed by atoms with Gasteiger partial charge in [-0.05, 0) is 62.9 Å². The van der Waals surface area contributed by atoms with Crippen LogP contribution in [0.4, 0.5) is 16.2 Å². The highest BCUT2D eigenvalue weighted by Gasteiger charge is 2.32. The first-order valence-corrected chi connectivity index (χ1v) is 15.8.